The second-order valence-corrected chi connectivity index (χ2v) is 11.4. The number of ether oxygens (including phenoxy) is 2. The summed E-state index contributed by atoms with van der Waals surface area (Å²) < 4.78 is 11.6. The van der Waals surface area contributed by atoms with Crippen molar-refractivity contribution in [1.82, 2.24) is 4.90 Å². The molecule has 3 aromatic rings. The summed E-state index contributed by atoms with van der Waals surface area (Å²) >= 11 is 16.5. The molecule has 0 aliphatic carbocycles. The third-order valence-corrected chi connectivity index (χ3v) is 7.90. The predicted octanol–water partition coefficient (Wildman–Crippen LogP) is 7.58. The molecule has 0 saturated carbocycles. The highest BCUT2D eigenvalue weighted by molar-refractivity contribution is 9.10. The smallest absolute Gasteiger partial charge is 0.339 e. The standard InChI is InChI=1S/C29H23BrCl2N2O6S/c1-2-11-39-28(37)20-14-19(8-9-23(20)32)33-26(35)15-34-27(36)25(41-29(34)38)13-17-7-10-24(21(30)12-17)40-16-18-5-3-4-6-22(18)31/h3-10,12-14H,2,11,15-16H2,1H3,(H,33,35)/b25-13+. The van der Waals surface area contributed by atoms with Gasteiger partial charge in [-0.1, -0.05) is 54.4 Å². The molecule has 3 aromatic carbocycles. The minimum atomic E-state index is -0.619. The number of benzene rings is 3. The topological polar surface area (TPSA) is 102 Å². The Balaban J connectivity index is 1.39. The van der Waals surface area contributed by atoms with Gasteiger partial charge in [0, 0.05) is 16.3 Å². The van der Waals surface area contributed by atoms with Crippen LogP contribution >= 0.6 is 50.9 Å². The summed E-state index contributed by atoms with van der Waals surface area (Å²) in [6, 6.07) is 17.0. The summed E-state index contributed by atoms with van der Waals surface area (Å²) in [5.74, 6) is -1.25. The zero-order chi connectivity index (χ0) is 29.5. The fourth-order valence-corrected chi connectivity index (χ4v) is 5.39. The number of imide groups is 1. The molecule has 0 unspecified atom stereocenters. The Morgan fingerprint density at radius 3 is 2.56 bits per heavy atom. The van der Waals surface area contributed by atoms with E-state index < -0.39 is 29.6 Å². The number of nitrogens with one attached hydrogen (secondary N) is 1. The summed E-state index contributed by atoms with van der Waals surface area (Å²) in [4.78, 5) is 51.4. The van der Waals surface area contributed by atoms with E-state index in [4.69, 9.17) is 32.7 Å². The highest BCUT2D eigenvalue weighted by Crippen LogP contribution is 2.34. The molecule has 12 heteroatoms. The number of amides is 3. The van der Waals surface area contributed by atoms with E-state index in [0.29, 0.717) is 27.2 Å². The van der Waals surface area contributed by atoms with Gasteiger partial charge in [-0.3, -0.25) is 19.3 Å². The monoisotopic (exact) mass is 676 g/mol. The van der Waals surface area contributed by atoms with Crippen LogP contribution in [-0.2, 0) is 20.9 Å². The first-order valence-electron chi connectivity index (χ1n) is 12.3. The van der Waals surface area contributed by atoms with Crippen LogP contribution in [0.4, 0.5) is 10.5 Å². The highest BCUT2D eigenvalue weighted by Gasteiger charge is 2.36. The molecule has 1 N–H and O–H groups in total. The lowest BCUT2D eigenvalue weighted by Gasteiger charge is -2.13. The molecule has 212 valence electrons. The van der Waals surface area contributed by atoms with Gasteiger partial charge in [0.05, 0.1) is 26.6 Å². The van der Waals surface area contributed by atoms with Gasteiger partial charge in [0.1, 0.15) is 18.9 Å². The molecule has 0 aromatic heterocycles. The fraction of sp³-hybridized carbons (Fsp3) is 0.172. The molecule has 4 rings (SSSR count). The van der Waals surface area contributed by atoms with Crippen molar-refractivity contribution >= 4 is 85.7 Å². The maximum Gasteiger partial charge on any atom is 0.339 e. The van der Waals surface area contributed by atoms with Crippen molar-refractivity contribution in [3.63, 3.8) is 0 Å². The average Bonchev–Trinajstić information content (AvgIpc) is 3.20. The number of nitrogens with zero attached hydrogens (tertiary/aromatic N) is 1. The van der Waals surface area contributed by atoms with E-state index >= 15 is 0 Å². The molecule has 8 nitrogen and oxygen atoms in total. The molecule has 0 bridgehead atoms. The molecular weight excluding hydrogens is 655 g/mol. The summed E-state index contributed by atoms with van der Waals surface area (Å²) in [6.07, 6.45) is 2.21. The van der Waals surface area contributed by atoms with Gasteiger partial charge in [-0.05, 0) is 82.2 Å². The summed E-state index contributed by atoms with van der Waals surface area (Å²) in [5, 5.41) is 2.79. The maximum absolute atomic E-state index is 12.9. The molecule has 1 fully saturated rings. The van der Waals surface area contributed by atoms with Gasteiger partial charge in [0.2, 0.25) is 5.91 Å². The summed E-state index contributed by atoms with van der Waals surface area (Å²) in [6.45, 7) is 1.87. The van der Waals surface area contributed by atoms with Crippen LogP contribution in [-0.4, -0.2) is 41.1 Å². The largest absolute Gasteiger partial charge is 0.488 e. The van der Waals surface area contributed by atoms with Gasteiger partial charge >= 0.3 is 5.97 Å². The maximum atomic E-state index is 12.9. The molecule has 0 radical (unpaired) electrons. The van der Waals surface area contributed by atoms with Gasteiger partial charge in [-0.25, -0.2) is 4.79 Å². The van der Waals surface area contributed by atoms with E-state index in [1.807, 2.05) is 25.1 Å². The van der Waals surface area contributed by atoms with Crippen molar-refractivity contribution in [2.75, 3.05) is 18.5 Å². The first kappa shape index (κ1) is 30.6. The summed E-state index contributed by atoms with van der Waals surface area (Å²) in [7, 11) is 0. The van der Waals surface area contributed by atoms with Crippen LogP contribution < -0.4 is 10.1 Å². The SMILES string of the molecule is CCCOC(=O)c1cc(NC(=O)CN2C(=O)S/C(=C/c3ccc(OCc4ccccc4Cl)c(Br)c3)C2=O)ccc1Cl. The second kappa shape index (κ2) is 14.0. The number of rotatable bonds is 10. The number of thioether (sulfide) groups is 1. The number of hydrogen-bond acceptors (Lipinski definition) is 7. The van der Waals surface area contributed by atoms with Crippen LogP contribution in [0.5, 0.6) is 5.75 Å². The van der Waals surface area contributed by atoms with Crippen molar-refractivity contribution in [3.8, 4) is 5.75 Å². The van der Waals surface area contributed by atoms with Gasteiger partial charge < -0.3 is 14.8 Å². The Hall–Kier alpha value is -3.31. The van der Waals surface area contributed by atoms with Crippen LogP contribution in [0.25, 0.3) is 6.08 Å². The van der Waals surface area contributed by atoms with Crippen molar-refractivity contribution in [2.45, 2.75) is 20.0 Å². The fourth-order valence-electron chi connectivity index (χ4n) is 3.66. The third-order valence-electron chi connectivity index (χ3n) is 5.68. The third kappa shape index (κ3) is 7.91. The number of anilines is 1. The molecule has 1 heterocycles. The van der Waals surface area contributed by atoms with Crippen LogP contribution in [0, 0.1) is 0 Å². The molecule has 1 saturated heterocycles. The zero-order valence-corrected chi connectivity index (χ0v) is 25.5. The van der Waals surface area contributed by atoms with Gasteiger partial charge in [0.15, 0.2) is 0 Å². The van der Waals surface area contributed by atoms with Crippen LogP contribution in [0.1, 0.15) is 34.8 Å². The Labute approximate surface area is 259 Å². The molecule has 1 aliphatic rings. The number of esters is 1. The lowest BCUT2D eigenvalue weighted by Crippen LogP contribution is -2.36. The molecule has 3 amide bonds. The number of halogens is 3. The Kier molecular flexibility index (Phi) is 10.5. The van der Waals surface area contributed by atoms with E-state index in [1.54, 1.807) is 30.3 Å². The van der Waals surface area contributed by atoms with Crippen LogP contribution in [0.2, 0.25) is 10.0 Å². The zero-order valence-electron chi connectivity index (χ0n) is 21.6. The number of carbonyl (C=O) groups excluding carboxylic acids is 4. The predicted molar refractivity (Wildman–Crippen MR) is 163 cm³/mol. The minimum Gasteiger partial charge on any atom is -0.488 e. The quantitative estimate of drug-likeness (QED) is 0.174. The van der Waals surface area contributed by atoms with E-state index in [1.165, 1.54) is 18.2 Å². The first-order valence-corrected chi connectivity index (χ1v) is 14.7. The van der Waals surface area contributed by atoms with Gasteiger partial charge in [-0.15, -0.1) is 0 Å². The Morgan fingerprint density at radius 2 is 1.83 bits per heavy atom. The lowest BCUT2D eigenvalue weighted by atomic mass is 10.2. The minimum absolute atomic E-state index is 0.0958. The van der Waals surface area contributed by atoms with E-state index in [9.17, 15) is 19.2 Å². The van der Waals surface area contributed by atoms with E-state index in [2.05, 4.69) is 21.2 Å². The molecule has 0 atom stereocenters. The molecule has 41 heavy (non-hydrogen) atoms. The molecular formula is C29H23BrCl2N2O6S. The van der Waals surface area contributed by atoms with E-state index in [0.717, 1.165) is 22.2 Å². The van der Waals surface area contributed by atoms with Crippen LogP contribution in [0.3, 0.4) is 0 Å². The number of hydrogen-bond donors (Lipinski definition) is 1. The first-order chi connectivity index (χ1) is 19.7. The lowest BCUT2D eigenvalue weighted by molar-refractivity contribution is -0.127. The number of carbonyl (C=O) groups is 4. The average molecular weight is 678 g/mol. The van der Waals surface area contributed by atoms with Crippen molar-refractivity contribution in [2.24, 2.45) is 0 Å². The Bertz CT molecular complexity index is 1550. The summed E-state index contributed by atoms with van der Waals surface area (Å²) in [5.41, 5.74) is 1.86. The van der Waals surface area contributed by atoms with Gasteiger partial charge in [0.25, 0.3) is 11.1 Å². The molecule has 0 spiro atoms. The van der Waals surface area contributed by atoms with Gasteiger partial charge in [-0.2, -0.15) is 0 Å². The second-order valence-electron chi connectivity index (χ2n) is 8.72. The molecule has 1 aliphatic heterocycles. The van der Waals surface area contributed by atoms with E-state index in [-0.39, 0.29) is 34.4 Å². The Morgan fingerprint density at radius 1 is 1.05 bits per heavy atom. The van der Waals surface area contributed by atoms with Crippen LogP contribution in [0.15, 0.2) is 70.0 Å². The highest BCUT2D eigenvalue weighted by atomic mass is 79.9. The normalized spacial score (nSPS) is 14.0. The van der Waals surface area contributed by atoms with Crippen molar-refractivity contribution in [1.29, 1.82) is 0 Å². The van der Waals surface area contributed by atoms with Crippen molar-refractivity contribution in [3.05, 3.63) is 96.8 Å². The van der Waals surface area contributed by atoms with Crippen molar-refractivity contribution < 1.29 is 28.7 Å².